The number of hydrogen-bond acceptors (Lipinski definition) is 7. The lowest BCUT2D eigenvalue weighted by atomic mass is 10.1. The number of nitrogen functional groups attached to an aromatic ring is 1. The van der Waals surface area contributed by atoms with Crippen molar-refractivity contribution in [2.24, 2.45) is 5.73 Å². The molecule has 1 amide bonds. The number of nitrogens with two attached hydrogens (primary N) is 2. The second-order valence-electron chi connectivity index (χ2n) is 8.15. The molecule has 5 rings (SSSR count). The summed E-state index contributed by atoms with van der Waals surface area (Å²) in [6.45, 7) is 0. The standard InChI is InChI=1S/C18H18N2O3.C7H6F3N.CH3NO/c1-19-18-12(3-2-8-21)16(6-7-20-18)22-11-4-5-15-13(9-11)14-10-17(14)23-15;8-7(9,10)5-2-1-3-6(11)4-5;2-1-3/h4-9,14,17H,2-3,10H2,1H3,(H,19,20);1-4H,11H2;1H,(H2,2,3). The number of nitrogens with one attached hydrogen (secondary N) is 1. The smallest absolute Gasteiger partial charge is 0.416 e. The van der Waals surface area contributed by atoms with E-state index in [1.54, 1.807) is 6.20 Å². The minimum atomic E-state index is -4.30. The van der Waals surface area contributed by atoms with Gasteiger partial charge in [0.2, 0.25) is 6.41 Å². The number of benzene rings is 2. The van der Waals surface area contributed by atoms with Crippen LogP contribution in [0.25, 0.3) is 0 Å². The Morgan fingerprint density at radius 2 is 1.95 bits per heavy atom. The number of hydrogen-bond donors (Lipinski definition) is 3. The van der Waals surface area contributed by atoms with Gasteiger partial charge < -0.3 is 31.1 Å². The van der Waals surface area contributed by atoms with Crippen molar-refractivity contribution in [3.63, 3.8) is 0 Å². The molecule has 37 heavy (non-hydrogen) atoms. The first-order valence-electron chi connectivity index (χ1n) is 11.4. The minimum absolute atomic E-state index is 0.125. The molecule has 196 valence electrons. The molecule has 8 nitrogen and oxygen atoms in total. The van der Waals surface area contributed by atoms with Crippen molar-refractivity contribution in [1.29, 1.82) is 0 Å². The molecule has 5 N–H and O–H groups in total. The Bertz CT molecular complexity index is 1240. The van der Waals surface area contributed by atoms with E-state index in [-0.39, 0.29) is 12.1 Å². The number of nitrogens with zero attached hydrogens (tertiary/aromatic N) is 1. The maximum absolute atomic E-state index is 11.9. The minimum Gasteiger partial charge on any atom is -0.489 e. The molecule has 2 heterocycles. The molecule has 1 aliphatic carbocycles. The molecule has 1 aromatic heterocycles. The quantitative estimate of drug-likeness (QED) is 0.320. The van der Waals surface area contributed by atoms with E-state index in [2.05, 4.69) is 22.1 Å². The van der Waals surface area contributed by atoms with Crippen molar-refractivity contribution in [3.8, 4) is 17.2 Å². The predicted molar refractivity (Wildman–Crippen MR) is 133 cm³/mol. The molecule has 2 aliphatic rings. The van der Waals surface area contributed by atoms with E-state index < -0.39 is 11.7 Å². The number of pyridine rings is 1. The zero-order valence-electron chi connectivity index (χ0n) is 20.0. The molecule has 1 fully saturated rings. The SMILES string of the molecule is CNc1nccc(Oc2ccc3c(c2)C2CC2O3)c1CCC=O.NC=O.Nc1cccc(C(F)(F)F)c1. The van der Waals surface area contributed by atoms with Crippen LogP contribution in [0.5, 0.6) is 17.2 Å². The molecule has 11 heteroatoms. The number of alkyl halides is 3. The molecule has 1 saturated carbocycles. The number of amides is 1. The number of ether oxygens (including phenoxy) is 2. The van der Waals surface area contributed by atoms with E-state index in [1.807, 2.05) is 25.2 Å². The number of rotatable bonds is 6. The second-order valence-corrected chi connectivity index (χ2v) is 8.15. The maximum Gasteiger partial charge on any atom is 0.416 e. The Labute approximate surface area is 211 Å². The van der Waals surface area contributed by atoms with Crippen LogP contribution in [0.4, 0.5) is 24.7 Å². The number of aldehydes is 1. The Balaban J connectivity index is 0.000000228. The summed E-state index contributed by atoms with van der Waals surface area (Å²) in [4.78, 5) is 23.6. The molecule has 3 aromatic rings. The van der Waals surface area contributed by atoms with Gasteiger partial charge in [-0.15, -0.1) is 0 Å². The summed E-state index contributed by atoms with van der Waals surface area (Å²) >= 11 is 0. The number of primary amides is 1. The monoisotopic (exact) mass is 516 g/mol. The van der Waals surface area contributed by atoms with Crippen LogP contribution in [0.15, 0.2) is 54.7 Å². The van der Waals surface area contributed by atoms with Crippen LogP contribution in [0, 0.1) is 0 Å². The molecule has 0 radical (unpaired) electrons. The summed E-state index contributed by atoms with van der Waals surface area (Å²) in [5.41, 5.74) is 10.9. The lowest BCUT2D eigenvalue weighted by Gasteiger charge is -2.14. The van der Waals surface area contributed by atoms with Crippen LogP contribution in [0.2, 0.25) is 0 Å². The summed E-state index contributed by atoms with van der Waals surface area (Å²) in [7, 11) is 1.82. The number of carbonyl (C=O) groups is 2. The van der Waals surface area contributed by atoms with Gasteiger partial charge in [0.15, 0.2) is 0 Å². The summed E-state index contributed by atoms with van der Waals surface area (Å²) in [6.07, 6.45) is 1.10. The molecular formula is C26H27F3N4O4. The van der Waals surface area contributed by atoms with Gasteiger partial charge in [-0.25, -0.2) is 4.98 Å². The number of fused-ring (bicyclic) bond motifs is 3. The Kier molecular flexibility index (Phi) is 8.94. The molecule has 0 bridgehead atoms. The fraction of sp³-hybridized carbons (Fsp3) is 0.269. The van der Waals surface area contributed by atoms with Crippen molar-refractivity contribution in [2.45, 2.75) is 37.5 Å². The van der Waals surface area contributed by atoms with Crippen molar-refractivity contribution >= 4 is 24.2 Å². The first kappa shape index (κ1) is 27.3. The van der Waals surface area contributed by atoms with Crippen LogP contribution >= 0.6 is 0 Å². The normalized spacial score (nSPS) is 16.3. The fourth-order valence-corrected chi connectivity index (χ4v) is 3.85. The summed E-state index contributed by atoms with van der Waals surface area (Å²) < 4.78 is 47.6. The van der Waals surface area contributed by atoms with Crippen LogP contribution in [-0.2, 0) is 22.2 Å². The largest absolute Gasteiger partial charge is 0.489 e. The Hall–Kier alpha value is -4.28. The third-order valence-electron chi connectivity index (χ3n) is 5.59. The van der Waals surface area contributed by atoms with Gasteiger partial charge in [0.25, 0.3) is 0 Å². The summed E-state index contributed by atoms with van der Waals surface area (Å²) in [5, 5.41) is 3.06. The van der Waals surface area contributed by atoms with E-state index in [0.29, 0.717) is 24.9 Å². The highest BCUT2D eigenvalue weighted by Gasteiger charge is 2.48. The van der Waals surface area contributed by atoms with E-state index >= 15 is 0 Å². The zero-order chi connectivity index (χ0) is 27.0. The predicted octanol–water partition coefficient (Wildman–Crippen LogP) is 4.68. The zero-order valence-corrected chi connectivity index (χ0v) is 20.0. The number of anilines is 2. The van der Waals surface area contributed by atoms with Gasteiger partial charge in [0.1, 0.15) is 35.5 Å². The summed E-state index contributed by atoms with van der Waals surface area (Å²) in [6, 6.07) is 12.4. The molecular weight excluding hydrogens is 489 g/mol. The van der Waals surface area contributed by atoms with Gasteiger partial charge in [-0.1, -0.05) is 6.07 Å². The van der Waals surface area contributed by atoms with Crippen LogP contribution in [0.1, 0.15) is 35.4 Å². The molecule has 1 aliphatic heterocycles. The van der Waals surface area contributed by atoms with Crippen molar-refractivity contribution in [3.05, 3.63) is 71.4 Å². The molecule has 2 unspecified atom stereocenters. The third-order valence-corrected chi connectivity index (χ3v) is 5.59. The Morgan fingerprint density at radius 3 is 2.57 bits per heavy atom. The first-order valence-corrected chi connectivity index (χ1v) is 11.4. The summed E-state index contributed by atoms with van der Waals surface area (Å²) in [5.74, 6) is 3.79. The van der Waals surface area contributed by atoms with Gasteiger partial charge in [-0.3, -0.25) is 4.79 Å². The van der Waals surface area contributed by atoms with Crippen LogP contribution in [-0.4, -0.2) is 30.8 Å². The van der Waals surface area contributed by atoms with Crippen molar-refractivity contribution < 1.29 is 32.2 Å². The van der Waals surface area contributed by atoms with Gasteiger partial charge in [0, 0.05) is 42.4 Å². The number of halogens is 3. The topological polar surface area (TPSA) is 130 Å². The highest BCUT2D eigenvalue weighted by molar-refractivity contribution is 5.57. The number of aromatic nitrogens is 1. The van der Waals surface area contributed by atoms with E-state index in [1.165, 1.54) is 17.7 Å². The molecule has 0 spiro atoms. The highest BCUT2D eigenvalue weighted by Crippen LogP contribution is 2.54. The second kappa shape index (κ2) is 12.1. The molecule has 2 atom stereocenters. The van der Waals surface area contributed by atoms with Crippen molar-refractivity contribution in [2.75, 3.05) is 18.1 Å². The van der Waals surface area contributed by atoms with E-state index in [0.717, 1.165) is 53.5 Å². The lowest BCUT2D eigenvalue weighted by molar-refractivity contribution is -0.137. The van der Waals surface area contributed by atoms with E-state index in [9.17, 15) is 18.0 Å². The fourth-order valence-electron chi connectivity index (χ4n) is 3.85. The van der Waals surface area contributed by atoms with E-state index in [4.69, 9.17) is 20.0 Å². The highest BCUT2D eigenvalue weighted by atomic mass is 19.4. The maximum atomic E-state index is 11.9. The van der Waals surface area contributed by atoms with Crippen molar-refractivity contribution in [1.82, 2.24) is 4.98 Å². The third kappa shape index (κ3) is 7.12. The van der Waals surface area contributed by atoms with Gasteiger partial charge >= 0.3 is 6.18 Å². The van der Waals surface area contributed by atoms with Gasteiger partial charge in [-0.05, 0) is 55.3 Å². The average Bonchev–Trinajstić information content (AvgIpc) is 3.55. The number of carbonyl (C=O) groups excluding carboxylic acids is 2. The molecule has 2 aromatic carbocycles. The van der Waals surface area contributed by atoms with Crippen LogP contribution in [0.3, 0.4) is 0 Å². The van der Waals surface area contributed by atoms with Crippen LogP contribution < -0.4 is 26.3 Å². The average molecular weight is 517 g/mol. The van der Waals surface area contributed by atoms with Gasteiger partial charge in [-0.2, -0.15) is 13.2 Å². The Morgan fingerprint density at radius 1 is 1.19 bits per heavy atom. The lowest BCUT2D eigenvalue weighted by Crippen LogP contribution is -2.04. The molecule has 0 saturated heterocycles. The first-order chi connectivity index (χ1) is 17.7. The van der Waals surface area contributed by atoms with Gasteiger partial charge in [0.05, 0.1) is 5.56 Å².